The molecule has 0 aliphatic heterocycles. The number of hydrogen-bond donors (Lipinski definition) is 1. The molecule has 0 aliphatic carbocycles. The molecule has 2 heterocycles. The number of hydrazone groups is 1. The molecule has 3 rings (SSSR count). The second-order valence-corrected chi connectivity index (χ2v) is 4.55. The number of amides is 1. The van der Waals surface area contributed by atoms with E-state index in [-0.39, 0.29) is 12.5 Å². The molecule has 0 unspecified atom stereocenters. The van der Waals surface area contributed by atoms with E-state index >= 15 is 0 Å². The highest BCUT2D eigenvalue weighted by molar-refractivity contribution is 5.82. The molecule has 0 radical (unpaired) electrons. The average molecular weight is 294 g/mol. The van der Waals surface area contributed by atoms with Gasteiger partial charge in [-0.05, 0) is 36.4 Å². The van der Waals surface area contributed by atoms with E-state index in [1.807, 2.05) is 30.3 Å². The third-order valence-corrected chi connectivity index (χ3v) is 2.99. The van der Waals surface area contributed by atoms with E-state index in [1.165, 1.54) is 6.21 Å². The molecule has 1 N–H and O–H groups in total. The molecule has 0 atom stereocenters. The first-order chi connectivity index (χ1) is 10.8. The first kappa shape index (κ1) is 13.8. The van der Waals surface area contributed by atoms with Gasteiger partial charge in [0.15, 0.2) is 0 Å². The van der Waals surface area contributed by atoms with Crippen molar-refractivity contribution in [3.63, 3.8) is 0 Å². The number of nitrogens with zero attached hydrogens (tertiary/aromatic N) is 3. The van der Waals surface area contributed by atoms with Gasteiger partial charge in [-0.1, -0.05) is 12.1 Å². The SMILES string of the molecule is O=C(Cn1cnc2ccccc21)NN=CC=Cc1ccco1. The molecule has 110 valence electrons. The number of imidazole rings is 1. The van der Waals surface area contributed by atoms with Gasteiger partial charge < -0.3 is 8.98 Å². The topological polar surface area (TPSA) is 72.4 Å². The van der Waals surface area contributed by atoms with Crippen LogP contribution in [0.4, 0.5) is 0 Å². The predicted octanol–water partition coefficient (Wildman–Crippen LogP) is 2.44. The van der Waals surface area contributed by atoms with Crippen molar-refractivity contribution in [2.75, 3.05) is 0 Å². The van der Waals surface area contributed by atoms with E-state index in [0.717, 1.165) is 16.8 Å². The molecule has 0 saturated heterocycles. The number of allylic oxidation sites excluding steroid dienone is 1. The number of para-hydroxylation sites is 2. The van der Waals surface area contributed by atoms with Crippen LogP contribution in [0, 0.1) is 0 Å². The number of furan rings is 1. The maximum atomic E-state index is 11.8. The Morgan fingerprint density at radius 1 is 1.32 bits per heavy atom. The third kappa shape index (κ3) is 3.29. The maximum Gasteiger partial charge on any atom is 0.260 e. The van der Waals surface area contributed by atoms with E-state index < -0.39 is 0 Å². The van der Waals surface area contributed by atoms with E-state index in [4.69, 9.17) is 4.42 Å². The lowest BCUT2D eigenvalue weighted by Crippen LogP contribution is -2.22. The molecule has 0 saturated carbocycles. The van der Waals surface area contributed by atoms with Gasteiger partial charge in [-0.25, -0.2) is 10.4 Å². The van der Waals surface area contributed by atoms with Crippen molar-refractivity contribution in [2.45, 2.75) is 6.54 Å². The summed E-state index contributed by atoms with van der Waals surface area (Å²) in [5, 5.41) is 3.84. The lowest BCUT2D eigenvalue weighted by molar-refractivity contribution is -0.121. The summed E-state index contributed by atoms with van der Waals surface area (Å²) in [4.78, 5) is 16.1. The molecule has 0 aliphatic rings. The Hall–Kier alpha value is -3.15. The number of carbonyl (C=O) groups is 1. The van der Waals surface area contributed by atoms with Crippen molar-refractivity contribution in [2.24, 2.45) is 5.10 Å². The minimum Gasteiger partial charge on any atom is -0.465 e. The highest BCUT2D eigenvalue weighted by Gasteiger charge is 2.05. The summed E-state index contributed by atoms with van der Waals surface area (Å²) in [6, 6.07) is 11.3. The Kier molecular flexibility index (Phi) is 4.10. The zero-order valence-electron chi connectivity index (χ0n) is 11.7. The summed E-state index contributed by atoms with van der Waals surface area (Å²) in [5.41, 5.74) is 4.24. The minimum absolute atomic E-state index is 0.166. The standard InChI is InChI=1S/C16H14N4O2/c21-16(19-18-9-3-5-13-6-4-10-22-13)11-20-12-17-14-7-1-2-8-15(14)20/h1-10,12H,11H2,(H,19,21). The number of rotatable bonds is 5. The first-order valence-corrected chi connectivity index (χ1v) is 6.75. The summed E-state index contributed by atoms with van der Waals surface area (Å²) in [5.74, 6) is 0.508. The highest BCUT2D eigenvalue weighted by Crippen LogP contribution is 2.11. The number of aromatic nitrogens is 2. The molecule has 0 bridgehead atoms. The van der Waals surface area contributed by atoms with Crippen LogP contribution in [0.2, 0.25) is 0 Å². The first-order valence-electron chi connectivity index (χ1n) is 6.75. The van der Waals surface area contributed by atoms with Gasteiger partial charge in [0.2, 0.25) is 0 Å². The van der Waals surface area contributed by atoms with E-state index in [2.05, 4.69) is 15.5 Å². The molecule has 3 aromatic rings. The summed E-state index contributed by atoms with van der Waals surface area (Å²) in [7, 11) is 0. The van der Waals surface area contributed by atoms with Crippen molar-refractivity contribution < 1.29 is 9.21 Å². The molecular formula is C16H14N4O2. The van der Waals surface area contributed by atoms with Crippen LogP contribution < -0.4 is 5.43 Å². The van der Waals surface area contributed by atoms with Crippen molar-refractivity contribution in [1.29, 1.82) is 0 Å². The predicted molar refractivity (Wildman–Crippen MR) is 84.1 cm³/mol. The van der Waals surface area contributed by atoms with E-state index in [0.29, 0.717) is 0 Å². The molecule has 2 aromatic heterocycles. The van der Waals surface area contributed by atoms with Gasteiger partial charge in [-0.3, -0.25) is 4.79 Å². The summed E-state index contributed by atoms with van der Waals surface area (Å²) in [6.45, 7) is 0.166. The largest absolute Gasteiger partial charge is 0.465 e. The quantitative estimate of drug-likeness (QED) is 0.580. The monoisotopic (exact) mass is 294 g/mol. The normalized spacial score (nSPS) is 11.6. The van der Waals surface area contributed by atoms with Crippen LogP contribution in [0.15, 0.2) is 64.6 Å². The zero-order valence-corrected chi connectivity index (χ0v) is 11.7. The van der Waals surface area contributed by atoms with Crippen LogP contribution >= 0.6 is 0 Å². The fourth-order valence-corrected chi connectivity index (χ4v) is 2.00. The van der Waals surface area contributed by atoms with Crippen LogP contribution in [0.3, 0.4) is 0 Å². The molecular weight excluding hydrogens is 280 g/mol. The minimum atomic E-state index is -0.217. The Balaban J connectivity index is 1.54. The average Bonchev–Trinajstić information content (AvgIpc) is 3.17. The fraction of sp³-hybridized carbons (Fsp3) is 0.0625. The molecule has 1 amide bonds. The molecule has 22 heavy (non-hydrogen) atoms. The Morgan fingerprint density at radius 2 is 2.23 bits per heavy atom. The summed E-state index contributed by atoms with van der Waals surface area (Å²) >= 11 is 0. The van der Waals surface area contributed by atoms with Crippen LogP contribution in [-0.2, 0) is 11.3 Å². The third-order valence-electron chi connectivity index (χ3n) is 2.99. The van der Waals surface area contributed by atoms with Crippen LogP contribution in [0.1, 0.15) is 5.76 Å². The molecule has 6 nitrogen and oxygen atoms in total. The van der Waals surface area contributed by atoms with Crippen molar-refractivity contribution in [3.8, 4) is 0 Å². The number of nitrogens with one attached hydrogen (secondary N) is 1. The number of hydrogen-bond acceptors (Lipinski definition) is 4. The smallest absolute Gasteiger partial charge is 0.260 e. The maximum absolute atomic E-state index is 11.8. The second-order valence-electron chi connectivity index (χ2n) is 4.55. The van der Waals surface area contributed by atoms with Crippen LogP contribution in [-0.4, -0.2) is 21.7 Å². The number of carbonyl (C=O) groups excluding carboxylic acids is 1. The Bertz CT molecular complexity index is 816. The zero-order chi connectivity index (χ0) is 15.2. The summed E-state index contributed by atoms with van der Waals surface area (Å²) in [6.07, 6.45) is 8.16. The van der Waals surface area contributed by atoms with Crippen molar-refractivity contribution in [1.82, 2.24) is 15.0 Å². The Morgan fingerprint density at radius 3 is 3.09 bits per heavy atom. The van der Waals surface area contributed by atoms with Crippen LogP contribution in [0.25, 0.3) is 17.1 Å². The van der Waals surface area contributed by atoms with E-state index in [9.17, 15) is 4.79 Å². The van der Waals surface area contributed by atoms with E-state index in [1.54, 1.807) is 35.4 Å². The van der Waals surface area contributed by atoms with Crippen molar-refractivity contribution >= 4 is 29.2 Å². The second kappa shape index (κ2) is 6.53. The Labute approximate surface area is 126 Å². The number of benzene rings is 1. The fourth-order valence-electron chi connectivity index (χ4n) is 2.00. The van der Waals surface area contributed by atoms with Crippen LogP contribution in [0.5, 0.6) is 0 Å². The molecule has 0 spiro atoms. The molecule has 0 fully saturated rings. The van der Waals surface area contributed by atoms with Gasteiger partial charge in [0.05, 0.1) is 23.6 Å². The molecule has 6 heteroatoms. The van der Waals surface area contributed by atoms with Crippen molar-refractivity contribution in [3.05, 3.63) is 60.8 Å². The lowest BCUT2D eigenvalue weighted by Gasteiger charge is -2.02. The lowest BCUT2D eigenvalue weighted by atomic mass is 10.3. The summed E-state index contributed by atoms with van der Waals surface area (Å²) < 4.78 is 6.90. The van der Waals surface area contributed by atoms with Gasteiger partial charge in [0.1, 0.15) is 12.3 Å². The molecule has 1 aromatic carbocycles. The van der Waals surface area contributed by atoms with Gasteiger partial charge in [0.25, 0.3) is 5.91 Å². The highest BCUT2D eigenvalue weighted by atomic mass is 16.3. The van der Waals surface area contributed by atoms with Gasteiger partial charge >= 0.3 is 0 Å². The van der Waals surface area contributed by atoms with Gasteiger partial charge in [0, 0.05) is 6.21 Å². The number of fused-ring (bicyclic) bond motifs is 1. The van der Waals surface area contributed by atoms with Gasteiger partial charge in [-0.2, -0.15) is 5.10 Å². The van der Waals surface area contributed by atoms with Gasteiger partial charge in [-0.15, -0.1) is 0 Å².